The summed E-state index contributed by atoms with van der Waals surface area (Å²) in [5.41, 5.74) is 9.40. The minimum atomic E-state index is 0.515. The number of hydrogen-bond donors (Lipinski definition) is 0. The summed E-state index contributed by atoms with van der Waals surface area (Å²) in [6.07, 6.45) is 0. The number of hydrogen-bond acceptors (Lipinski definition) is 6. The van der Waals surface area contributed by atoms with Crippen LogP contribution in [0.5, 0.6) is 11.5 Å². The van der Waals surface area contributed by atoms with Gasteiger partial charge < -0.3 is 4.74 Å². The number of rotatable bonds is 9. The van der Waals surface area contributed by atoms with Gasteiger partial charge in [0.25, 0.3) is 0 Å². The number of nitrogens with zero attached hydrogens (tertiary/aromatic N) is 5. The van der Waals surface area contributed by atoms with Gasteiger partial charge in [0.2, 0.25) is 0 Å². The molecule has 0 aliphatic heterocycles. The van der Waals surface area contributed by atoms with E-state index in [1.165, 1.54) is 0 Å². The monoisotopic (exact) mass is 707 g/mol. The Kier molecular flexibility index (Phi) is 9.19. The molecule has 55 heavy (non-hydrogen) atoms. The summed E-state index contributed by atoms with van der Waals surface area (Å²) >= 11 is 0. The van der Waals surface area contributed by atoms with Crippen molar-refractivity contribution in [3.05, 3.63) is 200 Å². The molecular formula is C49H33N5O. The van der Waals surface area contributed by atoms with Crippen LogP contribution >= 0.6 is 0 Å². The minimum Gasteiger partial charge on any atom is -0.457 e. The van der Waals surface area contributed by atoms with Crippen molar-refractivity contribution in [2.24, 2.45) is 0 Å². The average Bonchev–Trinajstić information content (AvgIpc) is 3.28. The molecule has 0 spiro atoms. The quantitative estimate of drug-likeness (QED) is 0.149. The predicted molar refractivity (Wildman–Crippen MR) is 220 cm³/mol. The lowest BCUT2D eigenvalue weighted by Gasteiger charge is -2.13. The maximum atomic E-state index is 6.57. The summed E-state index contributed by atoms with van der Waals surface area (Å²) in [5.74, 6) is 3.59. The molecule has 0 fully saturated rings. The largest absolute Gasteiger partial charge is 0.457 e. The molecule has 0 atom stereocenters. The molecule has 2 heterocycles. The van der Waals surface area contributed by atoms with E-state index in [0.29, 0.717) is 34.8 Å². The number of ether oxygens (including phenoxy) is 1. The third-order valence-corrected chi connectivity index (χ3v) is 9.23. The molecule has 0 radical (unpaired) electrons. The van der Waals surface area contributed by atoms with Crippen molar-refractivity contribution in [2.45, 2.75) is 0 Å². The first kappa shape index (κ1) is 33.3. The van der Waals surface area contributed by atoms with E-state index in [0.717, 1.165) is 55.9 Å². The standard InChI is InChI=1S/C49H33N5O/c1-5-16-34(17-6-1)39-24-15-25-40(32-39)48-52-47(37-22-11-4-12-23-37)53-49(54-48)42-26-13-14-27-45(42)55-41-30-28-38(29-31-41)46-50-43(35-18-7-2-8-19-35)33-44(51-46)36-20-9-3-10-21-36/h1-33H. The molecule has 9 aromatic rings. The van der Waals surface area contributed by atoms with E-state index in [2.05, 4.69) is 48.5 Å². The first-order valence-electron chi connectivity index (χ1n) is 18.1. The van der Waals surface area contributed by atoms with Gasteiger partial charge in [-0.2, -0.15) is 0 Å². The Hall–Kier alpha value is -7.57. The van der Waals surface area contributed by atoms with Crippen LogP contribution in [0.3, 0.4) is 0 Å². The SMILES string of the molecule is c1ccc(-c2cccc(-c3nc(-c4ccccc4)nc(-c4ccccc4Oc4ccc(-c5nc(-c6ccccc6)cc(-c6ccccc6)n5)cc4)n3)c2)cc1. The molecule has 9 rings (SSSR count). The molecule has 7 aromatic carbocycles. The van der Waals surface area contributed by atoms with Crippen molar-refractivity contribution in [3.8, 4) is 90.7 Å². The Morgan fingerprint density at radius 1 is 0.273 bits per heavy atom. The summed E-state index contributed by atoms with van der Waals surface area (Å²) in [4.78, 5) is 24.9. The molecule has 0 bridgehead atoms. The lowest BCUT2D eigenvalue weighted by molar-refractivity contribution is 0.484. The number of aromatic nitrogens is 5. The molecule has 0 N–H and O–H groups in total. The highest BCUT2D eigenvalue weighted by Gasteiger charge is 2.17. The van der Waals surface area contributed by atoms with Crippen LogP contribution < -0.4 is 4.74 Å². The van der Waals surface area contributed by atoms with Crippen molar-refractivity contribution >= 4 is 0 Å². The van der Waals surface area contributed by atoms with Crippen LogP contribution in [0.25, 0.3) is 79.2 Å². The van der Waals surface area contributed by atoms with Crippen LogP contribution in [0.15, 0.2) is 200 Å². The summed E-state index contributed by atoms with van der Waals surface area (Å²) < 4.78 is 6.57. The predicted octanol–water partition coefficient (Wildman–Crippen LogP) is 12.1. The van der Waals surface area contributed by atoms with E-state index in [1.807, 2.05) is 152 Å². The van der Waals surface area contributed by atoms with Crippen molar-refractivity contribution in [1.29, 1.82) is 0 Å². The van der Waals surface area contributed by atoms with Gasteiger partial charge in [-0.3, -0.25) is 0 Å². The van der Waals surface area contributed by atoms with Gasteiger partial charge in [-0.1, -0.05) is 152 Å². The number of benzene rings is 7. The van der Waals surface area contributed by atoms with Gasteiger partial charge in [0.1, 0.15) is 11.5 Å². The van der Waals surface area contributed by atoms with Gasteiger partial charge in [-0.15, -0.1) is 0 Å². The third-order valence-electron chi connectivity index (χ3n) is 9.23. The number of para-hydroxylation sites is 1. The van der Waals surface area contributed by atoms with Gasteiger partial charge in [0.05, 0.1) is 17.0 Å². The van der Waals surface area contributed by atoms with E-state index < -0.39 is 0 Å². The normalized spacial score (nSPS) is 10.9. The molecule has 6 nitrogen and oxygen atoms in total. The van der Waals surface area contributed by atoms with E-state index >= 15 is 0 Å². The van der Waals surface area contributed by atoms with Crippen LogP contribution in [-0.4, -0.2) is 24.9 Å². The first-order valence-corrected chi connectivity index (χ1v) is 18.1. The van der Waals surface area contributed by atoms with Gasteiger partial charge in [-0.25, -0.2) is 24.9 Å². The molecule has 0 aliphatic carbocycles. The lowest BCUT2D eigenvalue weighted by atomic mass is 10.0. The second kappa shape index (κ2) is 15.2. The fourth-order valence-corrected chi connectivity index (χ4v) is 6.44. The van der Waals surface area contributed by atoms with Crippen molar-refractivity contribution in [2.75, 3.05) is 0 Å². The first-order chi connectivity index (χ1) is 27.2. The topological polar surface area (TPSA) is 73.7 Å². The summed E-state index contributed by atoms with van der Waals surface area (Å²) in [5, 5.41) is 0. The van der Waals surface area contributed by atoms with Crippen LogP contribution in [0.2, 0.25) is 0 Å². The second-order valence-electron chi connectivity index (χ2n) is 12.9. The molecule has 6 heteroatoms. The molecule has 0 unspecified atom stereocenters. The molecular weight excluding hydrogens is 675 g/mol. The minimum absolute atomic E-state index is 0.515. The maximum Gasteiger partial charge on any atom is 0.167 e. The molecule has 0 amide bonds. The maximum absolute atomic E-state index is 6.57. The van der Waals surface area contributed by atoms with Gasteiger partial charge in [0, 0.05) is 27.8 Å². The lowest BCUT2D eigenvalue weighted by Crippen LogP contribution is -2.01. The Morgan fingerprint density at radius 3 is 1.33 bits per heavy atom. The highest BCUT2D eigenvalue weighted by Crippen LogP contribution is 2.35. The van der Waals surface area contributed by atoms with Crippen molar-refractivity contribution < 1.29 is 4.74 Å². The van der Waals surface area contributed by atoms with Crippen LogP contribution in [0.1, 0.15) is 0 Å². The van der Waals surface area contributed by atoms with Crippen LogP contribution in [-0.2, 0) is 0 Å². The zero-order valence-electron chi connectivity index (χ0n) is 29.7. The molecule has 0 aliphatic rings. The van der Waals surface area contributed by atoms with Gasteiger partial charge in [-0.05, 0) is 59.7 Å². The zero-order valence-corrected chi connectivity index (χ0v) is 29.7. The third kappa shape index (κ3) is 7.38. The van der Waals surface area contributed by atoms with Gasteiger partial charge in [0.15, 0.2) is 23.3 Å². The molecule has 2 aromatic heterocycles. The van der Waals surface area contributed by atoms with E-state index in [4.69, 9.17) is 29.7 Å². The highest BCUT2D eigenvalue weighted by molar-refractivity contribution is 5.75. The Balaban J connectivity index is 1.07. The van der Waals surface area contributed by atoms with E-state index in [1.54, 1.807) is 0 Å². The van der Waals surface area contributed by atoms with Crippen LogP contribution in [0.4, 0.5) is 0 Å². The molecule has 0 saturated carbocycles. The highest BCUT2D eigenvalue weighted by atomic mass is 16.5. The Morgan fingerprint density at radius 2 is 0.709 bits per heavy atom. The summed E-state index contributed by atoms with van der Waals surface area (Å²) in [7, 11) is 0. The smallest absolute Gasteiger partial charge is 0.167 e. The van der Waals surface area contributed by atoms with E-state index in [-0.39, 0.29) is 0 Å². The fourth-order valence-electron chi connectivity index (χ4n) is 6.44. The van der Waals surface area contributed by atoms with Crippen LogP contribution in [0, 0.1) is 0 Å². The average molecular weight is 708 g/mol. The Bertz CT molecular complexity index is 2650. The van der Waals surface area contributed by atoms with Crippen molar-refractivity contribution in [3.63, 3.8) is 0 Å². The fraction of sp³-hybridized carbons (Fsp3) is 0. The van der Waals surface area contributed by atoms with Crippen molar-refractivity contribution in [1.82, 2.24) is 24.9 Å². The van der Waals surface area contributed by atoms with Gasteiger partial charge >= 0.3 is 0 Å². The summed E-state index contributed by atoms with van der Waals surface area (Å²) in [6.45, 7) is 0. The molecule has 260 valence electrons. The molecule has 0 saturated heterocycles. The second-order valence-corrected chi connectivity index (χ2v) is 12.9. The zero-order chi connectivity index (χ0) is 36.8. The van der Waals surface area contributed by atoms with E-state index in [9.17, 15) is 0 Å². The Labute approximate surface area is 319 Å². The summed E-state index contributed by atoms with van der Waals surface area (Å²) in [6, 6.07) is 66.7.